The molecule has 1 aromatic carbocycles. The van der Waals surface area contributed by atoms with Crippen LogP contribution in [0.15, 0.2) is 29.3 Å². The molecule has 90 valence electrons. The van der Waals surface area contributed by atoms with Crippen molar-refractivity contribution in [1.82, 2.24) is 0 Å². The number of aliphatic imine (C=N–C) groups is 1. The molecule has 3 heteroatoms. The van der Waals surface area contributed by atoms with Crippen LogP contribution in [0.2, 0.25) is 0 Å². The summed E-state index contributed by atoms with van der Waals surface area (Å²) in [6, 6.07) is 7.74. The summed E-state index contributed by atoms with van der Waals surface area (Å²) >= 11 is 0. The summed E-state index contributed by atoms with van der Waals surface area (Å²) in [6.07, 6.45) is 5.40. The van der Waals surface area contributed by atoms with E-state index in [1.54, 1.807) is 0 Å². The van der Waals surface area contributed by atoms with Crippen molar-refractivity contribution < 1.29 is 0 Å². The van der Waals surface area contributed by atoms with Crippen LogP contribution in [-0.4, -0.2) is 12.0 Å². The Morgan fingerprint density at radius 2 is 2.18 bits per heavy atom. The quantitative estimate of drug-likeness (QED) is 0.475. The topological polar surface area (TPSA) is 50.4 Å². The van der Waals surface area contributed by atoms with Gasteiger partial charge in [0.05, 0.1) is 0 Å². The Hall–Kier alpha value is -1.95. The summed E-state index contributed by atoms with van der Waals surface area (Å²) in [5.41, 5.74) is 7.90. The summed E-state index contributed by atoms with van der Waals surface area (Å²) in [5, 5.41) is 3.03. The third kappa shape index (κ3) is 4.20. The fraction of sp³-hybridized carbons (Fsp3) is 0.357. The molecule has 0 aromatic heterocycles. The summed E-state index contributed by atoms with van der Waals surface area (Å²) < 4.78 is 0. The lowest BCUT2D eigenvalue weighted by atomic mass is 10.1. The molecular formula is C14H19N3. The average molecular weight is 229 g/mol. The number of nitrogens with one attached hydrogen (secondary N) is 1. The Morgan fingerprint density at radius 1 is 1.47 bits per heavy atom. The number of guanidine groups is 1. The molecule has 0 aliphatic carbocycles. The van der Waals surface area contributed by atoms with Crippen LogP contribution in [0.5, 0.6) is 0 Å². The van der Waals surface area contributed by atoms with Crippen molar-refractivity contribution >= 4 is 11.6 Å². The summed E-state index contributed by atoms with van der Waals surface area (Å²) in [6.45, 7) is 6.07. The van der Waals surface area contributed by atoms with Crippen LogP contribution in [0, 0.1) is 25.2 Å². The molecule has 0 amide bonds. The van der Waals surface area contributed by atoms with Gasteiger partial charge >= 0.3 is 0 Å². The lowest BCUT2D eigenvalue weighted by Gasteiger charge is -2.12. The zero-order valence-electron chi connectivity index (χ0n) is 10.6. The third-order valence-corrected chi connectivity index (χ3v) is 2.37. The van der Waals surface area contributed by atoms with Crippen molar-refractivity contribution in [3.05, 3.63) is 29.8 Å². The van der Waals surface area contributed by atoms with Gasteiger partial charge in [-0.2, -0.15) is 0 Å². The molecule has 0 spiro atoms. The molecule has 17 heavy (non-hydrogen) atoms. The Kier molecular flexibility index (Phi) is 4.59. The number of anilines is 1. The minimum atomic E-state index is -0.188. The number of nitrogens with two attached hydrogens (primary N) is 1. The van der Waals surface area contributed by atoms with Gasteiger partial charge in [0.25, 0.3) is 0 Å². The number of aryl methyl sites for hydroxylation is 1. The molecule has 0 radical (unpaired) electrons. The highest BCUT2D eigenvalue weighted by Gasteiger charge is 2.08. The first-order valence-corrected chi connectivity index (χ1v) is 5.66. The van der Waals surface area contributed by atoms with Crippen LogP contribution in [0.1, 0.15) is 19.4 Å². The fourth-order valence-electron chi connectivity index (χ4n) is 1.43. The smallest absolute Gasteiger partial charge is 0.194 e. The van der Waals surface area contributed by atoms with E-state index < -0.39 is 0 Å². The highest BCUT2D eigenvalue weighted by atomic mass is 15.1. The monoisotopic (exact) mass is 229 g/mol. The third-order valence-electron chi connectivity index (χ3n) is 2.37. The van der Waals surface area contributed by atoms with Crippen LogP contribution in [0.4, 0.5) is 5.69 Å². The van der Waals surface area contributed by atoms with Gasteiger partial charge in [-0.3, -0.25) is 0 Å². The fourth-order valence-corrected chi connectivity index (χ4v) is 1.43. The average Bonchev–Trinajstić information content (AvgIpc) is 2.25. The molecule has 1 atom stereocenters. The predicted octanol–water partition coefficient (Wildman–Crippen LogP) is 2.38. The van der Waals surface area contributed by atoms with E-state index >= 15 is 0 Å². The van der Waals surface area contributed by atoms with Crippen LogP contribution in [0.25, 0.3) is 0 Å². The van der Waals surface area contributed by atoms with E-state index in [4.69, 9.17) is 12.2 Å². The summed E-state index contributed by atoms with van der Waals surface area (Å²) in [5.74, 6) is 3.25. The van der Waals surface area contributed by atoms with E-state index in [9.17, 15) is 0 Å². The van der Waals surface area contributed by atoms with Gasteiger partial charge in [-0.1, -0.05) is 31.9 Å². The van der Waals surface area contributed by atoms with Gasteiger partial charge in [0.1, 0.15) is 6.04 Å². The van der Waals surface area contributed by atoms with E-state index in [2.05, 4.69) is 16.2 Å². The van der Waals surface area contributed by atoms with Crippen molar-refractivity contribution in [2.75, 3.05) is 5.32 Å². The van der Waals surface area contributed by atoms with Crippen molar-refractivity contribution in [3.8, 4) is 12.3 Å². The van der Waals surface area contributed by atoms with Crippen molar-refractivity contribution in [3.63, 3.8) is 0 Å². The lowest BCUT2D eigenvalue weighted by Crippen LogP contribution is -2.26. The van der Waals surface area contributed by atoms with Gasteiger partial charge < -0.3 is 11.1 Å². The first-order valence-electron chi connectivity index (χ1n) is 5.66. The number of benzene rings is 1. The Balaban J connectivity index is 2.75. The summed E-state index contributed by atoms with van der Waals surface area (Å²) in [7, 11) is 0. The Bertz CT molecular complexity index is 441. The number of rotatable bonds is 3. The molecule has 0 bridgehead atoms. The van der Waals surface area contributed by atoms with Crippen molar-refractivity contribution in [1.29, 1.82) is 0 Å². The Labute approximate surface area is 103 Å². The largest absolute Gasteiger partial charge is 0.370 e. The highest BCUT2D eigenvalue weighted by molar-refractivity contribution is 5.92. The van der Waals surface area contributed by atoms with Crippen LogP contribution in [0.3, 0.4) is 0 Å². The van der Waals surface area contributed by atoms with Gasteiger partial charge in [-0.05, 0) is 30.5 Å². The minimum Gasteiger partial charge on any atom is -0.370 e. The number of nitrogens with zero attached hydrogens (tertiary/aromatic N) is 1. The second-order valence-electron chi connectivity index (χ2n) is 4.36. The molecular weight excluding hydrogens is 210 g/mol. The number of terminal acetylenes is 1. The number of hydrogen-bond acceptors (Lipinski definition) is 1. The molecule has 0 aliphatic rings. The number of hydrogen-bond donors (Lipinski definition) is 2. The van der Waals surface area contributed by atoms with Gasteiger partial charge in [-0.15, -0.1) is 6.42 Å². The molecule has 0 aliphatic heterocycles. The molecule has 1 rings (SSSR count). The SMILES string of the molecule is C#CC(N=C(N)Nc1cccc(C)c1)C(C)C. The van der Waals surface area contributed by atoms with Gasteiger partial charge in [-0.25, -0.2) is 4.99 Å². The molecule has 1 unspecified atom stereocenters. The van der Waals surface area contributed by atoms with E-state index in [1.165, 1.54) is 5.56 Å². The van der Waals surface area contributed by atoms with E-state index in [0.29, 0.717) is 5.96 Å². The van der Waals surface area contributed by atoms with Gasteiger partial charge in [0.15, 0.2) is 5.96 Å². The summed E-state index contributed by atoms with van der Waals surface area (Å²) in [4.78, 5) is 4.27. The van der Waals surface area contributed by atoms with E-state index in [1.807, 2.05) is 45.0 Å². The minimum absolute atomic E-state index is 0.188. The second-order valence-corrected chi connectivity index (χ2v) is 4.36. The van der Waals surface area contributed by atoms with E-state index in [-0.39, 0.29) is 12.0 Å². The Morgan fingerprint density at radius 3 is 2.71 bits per heavy atom. The molecule has 0 heterocycles. The molecule has 0 saturated carbocycles. The van der Waals surface area contributed by atoms with E-state index in [0.717, 1.165) is 5.69 Å². The van der Waals surface area contributed by atoms with Crippen molar-refractivity contribution in [2.45, 2.75) is 26.8 Å². The van der Waals surface area contributed by atoms with Crippen LogP contribution < -0.4 is 11.1 Å². The first-order chi connectivity index (χ1) is 8.02. The highest BCUT2D eigenvalue weighted by Crippen LogP contribution is 2.10. The lowest BCUT2D eigenvalue weighted by molar-refractivity contribution is 0.586. The maximum atomic E-state index is 5.81. The predicted molar refractivity (Wildman–Crippen MR) is 73.9 cm³/mol. The van der Waals surface area contributed by atoms with Gasteiger partial charge in [0, 0.05) is 5.69 Å². The van der Waals surface area contributed by atoms with Gasteiger partial charge in [0.2, 0.25) is 0 Å². The molecule has 0 fully saturated rings. The zero-order chi connectivity index (χ0) is 12.8. The normalized spacial score (nSPS) is 13.2. The molecule has 0 saturated heterocycles. The van der Waals surface area contributed by atoms with Crippen LogP contribution >= 0.6 is 0 Å². The van der Waals surface area contributed by atoms with Crippen LogP contribution in [-0.2, 0) is 0 Å². The standard InChI is InChI=1S/C14H19N3/c1-5-13(10(2)3)17-14(15)16-12-8-6-7-11(4)9-12/h1,6-10,13H,2-4H3,(H3,15,16,17). The molecule has 3 N–H and O–H groups in total. The molecule has 3 nitrogen and oxygen atoms in total. The van der Waals surface area contributed by atoms with Crippen molar-refractivity contribution in [2.24, 2.45) is 16.6 Å². The molecule has 1 aromatic rings. The maximum absolute atomic E-state index is 5.81. The second kappa shape index (κ2) is 5.95. The first kappa shape index (κ1) is 13.1. The zero-order valence-corrected chi connectivity index (χ0v) is 10.6. The maximum Gasteiger partial charge on any atom is 0.194 e.